The third-order valence-corrected chi connectivity index (χ3v) is 2.86. The molecule has 14 heavy (non-hydrogen) atoms. The highest BCUT2D eigenvalue weighted by molar-refractivity contribution is 9.09. The van der Waals surface area contributed by atoms with Gasteiger partial charge in [-0.3, -0.25) is 0 Å². The molecule has 0 heterocycles. The summed E-state index contributed by atoms with van der Waals surface area (Å²) in [5.74, 6) is -0.183. The molecular weight excluding hydrogens is 247 g/mol. The molecule has 1 nitrogen and oxygen atoms in total. The second kappa shape index (κ2) is 4.41. The van der Waals surface area contributed by atoms with Gasteiger partial charge in [0.15, 0.2) is 0 Å². The average Bonchev–Trinajstić information content (AvgIpc) is 2.99. The molecule has 76 valence electrons. The van der Waals surface area contributed by atoms with Gasteiger partial charge in [0, 0.05) is 10.9 Å². The molecule has 0 aromatic heterocycles. The van der Waals surface area contributed by atoms with Gasteiger partial charge in [-0.25, -0.2) is 4.39 Å². The highest BCUT2D eigenvalue weighted by atomic mass is 79.9. The van der Waals surface area contributed by atoms with E-state index < -0.39 is 0 Å². The van der Waals surface area contributed by atoms with Gasteiger partial charge in [-0.2, -0.15) is 0 Å². The van der Waals surface area contributed by atoms with E-state index in [4.69, 9.17) is 4.74 Å². The highest BCUT2D eigenvalue weighted by Crippen LogP contribution is 2.32. The maximum atomic E-state index is 13.4. The third kappa shape index (κ3) is 2.34. The van der Waals surface area contributed by atoms with Crippen molar-refractivity contribution in [1.82, 2.24) is 0 Å². The van der Waals surface area contributed by atoms with Crippen LogP contribution < -0.4 is 0 Å². The molecular formula is C11H12BrFO. The number of benzene rings is 1. The molecule has 1 aliphatic rings. The number of ether oxygens (including phenoxy) is 1. The fourth-order valence-electron chi connectivity index (χ4n) is 1.37. The molecule has 1 aromatic carbocycles. The zero-order chi connectivity index (χ0) is 9.97. The van der Waals surface area contributed by atoms with Crippen LogP contribution in [0.4, 0.5) is 4.39 Å². The van der Waals surface area contributed by atoms with Crippen LogP contribution in [0.2, 0.25) is 0 Å². The maximum absolute atomic E-state index is 13.4. The van der Waals surface area contributed by atoms with E-state index in [1.165, 1.54) is 6.07 Å². The van der Waals surface area contributed by atoms with E-state index >= 15 is 0 Å². The van der Waals surface area contributed by atoms with E-state index in [9.17, 15) is 4.39 Å². The fourth-order valence-corrected chi connectivity index (χ4v) is 1.87. The SMILES string of the molecule is Fc1ccccc1C(CBr)OC1CC1. The highest BCUT2D eigenvalue weighted by Gasteiger charge is 2.27. The lowest BCUT2D eigenvalue weighted by molar-refractivity contribution is 0.0536. The van der Waals surface area contributed by atoms with E-state index in [-0.39, 0.29) is 11.9 Å². The second-order valence-corrected chi connectivity index (χ2v) is 4.15. The van der Waals surface area contributed by atoms with Crippen LogP contribution in [0.15, 0.2) is 24.3 Å². The molecule has 0 spiro atoms. The minimum absolute atomic E-state index is 0.149. The van der Waals surface area contributed by atoms with E-state index in [0.29, 0.717) is 17.0 Å². The Morgan fingerprint density at radius 1 is 1.43 bits per heavy atom. The Morgan fingerprint density at radius 2 is 2.14 bits per heavy atom. The summed E-state index contributed by atoms with van der Waals surface area (Å²) >= 11 is 3.35. The lowest BCUT2D eigenvalue weighted by atomic mass is 10.1. The fraction of sp³-hybridized carbons (Fsp3) is 0.455. The van der Waals surface area contributed by atoms with Gasteiger partial charge in [0.2, 0.25) is 0 Å². The number of halogens is 2. The molecule has 0 aliphatic heterocycles. The summed E-state index contributed by atoms with van der Waals surface area (Å²) in [5.41, 5.74) is 0.649. The molecule has 1 fully saturated rings. The first-order chi connectivity index (χ1) is 6.81. The molecule has 0 amide bonds. The molecule has 3 heteroatoms. The number of alkyl halides is 1. The van der Waals surface area contributed by atoms with Crippen LogP contribution in [-0.2, 0) is 4.74 Å². The average molecular weight is 259 g/mol. The lowest BCUT2D eigenvalue weighted by Crippen LogP contribution is -2.09. The molecule has 0 bridgehead atoms. The summed E-state index contributed by atoms with van der Waals surface area (Å²) in [6.07, 6.45) is 2.41. The number of rotatable bonds is 4. The van der Waals surface area contributed by atoms with Gasteiger partial charge in [0.25, 0.3) is 0 Å². The Kier molecular flexibility index (Phi) is 3.19. The van der Waals surface area contributed by atoms with E-state index in [1.54, 1.807) is 12.1 Å². The van der Waals surface area contributed by atoms with Crippen molar-refractivity contribution in [1.29, 1.82) is 0 Å². The summed E-state index contributed by atoms with van der Waals surface area (Å²) in [4.78, 5) is 0. The van der Waals surface area contributed by atoms with Crippen molar-refractivity contribution >= 4 is 15.9 Å². The Hall–Kier alpha value is -0.410. The van der Waals surface area contributed by atoms with Crippen molar-refractivity contribution in [2.75, 3.05) is 5.33 Å². The van der Waals surface area contributed by atoms with Gasteiger partial charge in [-0.15, -0.1) is 0 Å². The lowest BCUT2D eigenvalue weighted by Gasteiger charge is -2.15. The minimum atomic E-state index is -0.183. The first-order valence-corrected chi connectivity index (χ1v) is 5.89. The Bertz CT molecular complexity index is 312. The Labute approximate surface area is 91.4 Å². The standard InChI is InChI=1S/C11H12BrFO/c12-7-11(14-8-5-6-8)9-3-1-2-4-10(9)13/h1-4,8,11H,5-7H2. The van der Waals surface area contributed by atoms with Gasteiger partial charge in [0.1, 0.15) is 5.82 Å². The first kappa shape index (κ1) is 10.1. The van der Waals surface area contributed by atoms with Crippen LogP contribution >= 0.6 is 15.9 Å². The van der Waals surface area contributed by atoms with Crippen molar-refractivity contribution in [3.8, 4) is 0 Å². The van der Waals surface area contributed by atoms with Crippen molar-refractivity contribution in [3.63, 3.8) is 0 Å². The predicted molar refractivity (Wildman–Crippen MR) is 57.0 cm³/mol. The molecule has 1 saturated carbocycles. The molecule has 1 aromatic rings. The van der Waals surface area contributed by atoms with Crippen LogP contribution in [0.1, 0.15) is 24.5 Å². The summed E-state index contributed by atoms with van der Waals surface area (Å²) < 4.78 is 19.1. The van der Waals surface area contributed by atoms with Crippen molar-refractivity contribution in [2.24, 2.45) is 0 Å². The summed E-state index contributed by atoms with van der Waals surface area (Å²) in [6, 6.07) is 6.79. The van der Waals surface area contributed by atoms with Crippen molar-refractivity contribution < 1.29 is 9.13 Å². The van der Waals surface area contributed by atoms with Crippen LogP contribution in [0.5, 0.6) is 0 Å². The molecule has 2 rings (SSSR count). The summed E-state index contributed by atoms with van der Waals surface area (Å²) in [6.45, 7) is 0. The molecule has 0 N–H and O–H groups in total. The van der Waals surface area contributed by atoms with Crippen LogP contribution in [0.25, 0.3) is 0 Å². The van der Waals surface area contributed by atoms with E-state index in [1.807, 2.05) is 6.07 Å². The van der Waals surface area contributed by atoms with Crippen molar-refractivity contribution in [3.05, 3.63) is 35.6 Å². The Morgan fingerprint density at radius 3 is 2.71 bits per heavy atom. The van der Waals surface area contributed by atoms with Crippen LogP contribution in [-0.4, -0.2) is 11.4 Å². The molecule has 1 atom stereocenters. The minimum Gasteiger partial charge on any atom is -0.369 e. The van der Waals surface area contributed by atoms with Gasteiger partial charge in [-0.1, -0.05) is 34.1 Å². The van der Waals surface area contributed by atoms with Gasteiger partial charge < -0.3 is 4.74 Å². The van der Waals surface area contributed by atoms with Gasteiger partial charge in [-0.05, 0) is 18.9 Å². The van der Waals surface area contributed by atoms with Gasteiger partial charge in [0.05, 0.1) is 12.2 Å². The third-order valence-electron chi connectivity index (χ3n) is 2.27. The molecule has 0 saturated heterocycles. The zero-order valence-corrected chi connectivity index (χ0v) is 9.34. The topological polar surface area (TPSA) is 9.23 Å². The second-order valence-electron chi connectivity index (χ2n) is 3.50. The predicted octanol–water partition coefficient (Wildman–Crippen LogP) is 3.44. The van der Waals surface area contributed by atoms with Crippen LogP contribution in [0, 0.1) is 5.82 Å². The Balaban J connectivity index is 2.12. The smallest absolute Gasteiger partial charge is 0.129 e. The summed E-state index contributed by atoms with van der Waals surface area (Å²) in [7, 11) is 0. The quantitative estimate of drug-likeness (QED) is 0.752. The van der Waals surface area contributed by atoms with Crippen LogP contribution in [0.3, 0.4) is 0 Å². The van der Waals surface area contributed by atoms with E-state index in [0.717, 1.165) is 12.8 Å². The summed E-state index contributed by atoms with van der Waals surface area (Å²) in [5, 5.41) is 0.643. The largest absolute Gasteiger partial charge is 0.369 e. The monoisotopic (exact) mass is 258 g/mol. The maximum Gasteiger partial charge on any atom is 0.129 e. The molecule has 0 radical (unpaired) electrons. The number of hydrogen-bond acceptors (Lipinski definition) is 1. The molecule has 1 unspecified atom stereocenters. The normalized spacial score (nSPS) is 18.1. The van der Waals surface area contributed by atoms with Gasteiger partial charge >= 0.3 is 0 Å². The zero-order valence-electron chi connectivity index (χ0n) is 7.75. The van der Waals surface area contributed by atoms with E-state index in [2.05, 4.69) is 15.9 Å². The van der Waals surface area contributed by atoms with Crippen molar-refractivity contribution in [2.45, 2.75) is 25.0 Å². The first-order valence-electron chi connectivity index (χ1n) is 4.77. The number of hydrogen-bond donors (Lipinski definition) is 0. The molecule has 1 aliphatic carbocycles.